The molecule has 0 fully saturated rings. The Kier molecular flexibility index (Phi) is 3.78. The van der Waals surface area contributed by atoms with E-state index < -0.39 is 0 Å². The van der Waals surface area contributed by atoms with E-state index in [-0.39, 0.29) is 5.41 Å². The first-order valence-corrected chi connectivity index (χ1v) is 8.02. The summed E-state index contributed by atoms with van der Waals surface area (Å²) in [6.07, 6.45) is 0.953. The van der Waals surface area contributed by atoms with Crippen LogP contribution in [-0.4, -0.2) is 9.55 Å². The van der Waals surface area contributed by atoms with Crippen LogP contribution in [-0.2, 0) is 18.4 Å². The molecule has 1 heterocycles. The Morgan fingerprint density at radius 2 is 1.64 bits per heavy atom. The fourth-order valence-corrected chi connectivity index (χ4v) is 2.86. The molecule has 2 heteroatoms. The first-order chi connectivity index (χ1) is 10.5. The quantitative estimate of drug-likeness (QED) is 0.668. The number of imidazole rings is 1. The summed E-state index contributed by atoms with van der Waals surface area (Å²) < 4.78 is 2.33. The van der Waals surface area contributed by atoms with Gasteiger partial charge in [0.15, 0.2) is 0 Å². The van der Waals surface area contributed by atoms with Gasteiger partial charge in [0.1, 0.15) is 5.82 Å². The van der Waals surface area contributed by atoms with Gasteiger partial charge < -0.3 is 4.57 Å². The van der Waals surface area contributed by atoms with E-state index >= 15 is 0 Å². The zero-order valence-electron chi connectivity index (χ0n) is 13.9. The molecule has 0 aliphatic carbocycles. The number of aryl methyl sites for hydroxylation is 1. The Labute approximate surface area is 132 Å². The van der Waals surface area contributed by atoms with Gasteiger partial charge in [0, 0.05) is 13.0 Å². The molecule has 0 amide bonds. The fraction of sp³-hybridized carbons (Fsp3) is 0.350. The van der Waals surface area contributed by atoms with Gasteiger partial charge in [0.25, 0.3) is 0 Å². The van der Waals surface area contributed by atoms with E-state index in [1.807, 2.05) is 0 Å². The molecule has 0 saturated carbocycles. The standard InChI is InChI=1S/C20H24N2/c1-5-19-21-17-8-6-7-9-18(17)22(19)14-15-10-12-16(13-11-15)20(2,3)4/h6-13H,5,14H2,1-4H3. The summed E-state index contributed by atoms with van der Waals surface area (Å²) in [7, 11) is 0. The van der Waals surface area contributed by atoms with Crippen molar-refractivity contribution < 1.29 is 0 Å². The van der Waals surface area contributed by atoms with Crippen molar-refractivity contribution in [3.63, 3.8) is 0 Å². The van der Waals surface area contributed by atoms with Crippen LogP contribution in [0.15, 0.2) is 48.5 Å². The van der Waals surface area contributed by atoms with Crippen LogP contribution < -0.4 is 0 Å². The number of hydrogen-bond donors (Lipinski definition) is 0. The van der Waals surface area contributed by atoms with Gasteiger partial charge >= 0.3 is 0 Å². The van der Waals surface area contributed by atoms with Crippen LogP contribution in [0.4, 0.5) is 0 Å². The maximum Gasteiger partial charge on any atom is 0.109 e. The third-order valence-electron chi connectivity index (χ3n) is 4.21. The van der Waals surface area contributed by atoms with Crippen LogP contribution in [0, 0.1) is 0 Å². The van der Waals surface area contributed by atoms with Gasteiger partial charge in [-0.3, -0.25) is 0 Å². The predicted molar refractivity (Wildman–Crippen MR) is 93.4 cm³/mol. The molecule has 3 aromatic rings. The average molecular weight is 292 g/mol. The molecule has 2 aromatic carbocycles. The Balaban J connectivity index is 1.96. The molecule has 0 radical (unpaired) electrons. The van der Waals surface area contributed by atoms with Crippen molar-refractivity contribution in [2.24, 2.45) is 0 Å². The lowest BCUT2D eigenvalue weighted by Crippen LogP contribution is -2.11. The molecular formula is C20H24N2. The molecule has 0 saturated heterocycles. The molecule has 0 unspecified atom stereocenters. The highest BCUT2D eigenvalue weighted by molar-refractivity contribution is 5.76. The maximum atomic E-state index is 4.75. The van der Waals surface area contributed by atoms with E-state index in [4.69, 9.17) is 4.98 Å². The second kappa shape index (κ2) is 5.60. The molecule has 0 spiro atoms. The molecule has 0 N–H and O–H groups in total. The third kappa shape index (κ3) is 2.78. The molecule has 3 rings (SSSR count). The summed E-state index contributed by atoms with van der Waals surface area (Å²) >= 11 is 0. The number of nitrogens with zero attached hydrogens (tertiary/aromatic N) is 2. The van der Waals surface area contributed by atoms with E-state index in [1.54, 1.807) is 0 Å². The van der Waals surface area contributed by atoms with Crippen LogP contribution in [0.25, 0.3) is 11.0 Å². The van der Waals surface area contributed by atoms with Crippen LogP contribution in [0.5, 0.6) is 0 Å². The van der Waals surface area contributed by atoms with Crippen molar-refractivity contribution >= 4 is 11.0 Å². The molecule has 0 bridgehead atoms. The van der Waals surface area contributed by atoms with Crippen LogP contribution in [0.2, 0.25) is 0 Å². The molecule has 0 aliphatic heterocycles. The summed E-state index contributed by atoms with van der Waals surface area (Å²) in [5, 5.41) is 0. The van der Waals surface area contributed by atoms with Gasteiger partial charge in [-0.2, -0.15) is 0 Å². The molecule has 0 atom stereocenters. The molecule has 0 aliphatic rings. The highest BCUT2D eigenvalue weighted by Crippen LogP contribution is 2.23. The minimum absolute atomic E-state index is 0.203. The Bertz CT molecular complexity index is 774. The van der Waals surface area contributed by atoms with Gasteiger partial charge in [0.2, 0.25) is 0 Å². The number of para-hydroxylation sites is 2. The van der Waals surface area contributed by atoms with Crippen LogP contribution in [0.3, 0.4) is 0 Å². The van der Waals surface area contributed by atoms with E-state index in [1.165, 1.54) is 16.6 Å². The van der Waals surface area contributed by atoms with Gasteiger partial charge in [-0.15, -0.1) is 0 Å². The molecular weight excluding hydrogens is 268 g/mol. The zero-order valence-corrected chi connectivity index (χ0v) is 13.9. The first kappa shape index (κ1) is 14.8. The van der Waals surface area contributed by atoms with Gasteiger partial charge in [-0.25, -0.2) is 4.98 Å². The number of benzene rings is 2. The third-order valence-corrected chi connectivity index (χ3v) is 4.21. The van der Waals surface area contributed by atoms with Crippen molar-refractivity contribution in [3.05, 3.63) is 65.5 Å². The second-order valence-corrected chi connectivity index (χ2v) is 6.90. The monoisotopic (exact) mass is 292 g/mol. The highest BCUT2D eigenvalue weighted by atomic mass is 15.1. The Hall–Kier alpha value is -2.09. The minimum atomic E-state index is 0.203. The maximum absolute atomic E-state index is 4.75. The Morgan fingerprint density at radius 1 is 0.955 bits per heavy atom. The van der Waals surface area contributed by atoms with Gasteiger partial charge in [-0.1, -0.05) is 64.1 Å². The van der Waals surface area contributed by atoms with E-state index in [0.717, 1.165) is 24.3 Å². The summed E-state index contributed by atoms with van der Waals surface area (Å²) in [6.45, 7) is 9.80. The molecule has 1 aromatic heterocycles. The number of rotatable bonds is 3. The molecule has 114 valence electrons. The first-order valence-electron chi connectivity index (χ1n) is 8.02. The molecule has 22 heavy (non-hydrogen) atoms. The average Bonchev–Trinajstić information content (AvgIpc) is 2.85. The van der Waals surface area contributed by atoms with Crippen LogP contribution >= 0.6 is 0 Å². The van der Waals surface area contributed by atoms with Gasteiger partial charge in [-0.05, 0) is 28.7 Å². The second-order valence-electron chi connectivity index (χ2n) is 6.90. The Morgan fingerprint density at radius 3 is 2.27 bits per heavy atom. The predicted octanol–water partition coefficient (Wildman–Crippen LogP) is 4.94. The summed E-state index contributed by atoms with van der Waals surface area (Å²) in [4.78, 5) is 4.75. The molecule has 2 nitrogen and oxygen atoms in total. The van der Waals surface area contributed by atoms with Crippen molar-refractivity contribution in [3.8, 4) is 0 Å². The summed E-state index contributed by atoms with van der Waals surface area (Å²) in [5.41, 5.74) is 5.22. The summed E-state index contributed by atoms with van der Waals surface area (Å²) in [5.74, 6) is 1.15. The lowest BCUT2D eigenvalue weighted by molar-refractivity contribution is 0.589. The summed E-state index contributed by atoms with van der Waals surface area (Å²) in [6, 6.07) is 17.4. The normalized spacial score (nSPS) is 12.0. The smallest absolute Gasteiger partial charge is 0.109 e. The van der Waals surface area contributed by atoms with E-state index in [0.29, 0.717) is 0 Å². The topological polar surface area (TPSA) is 17.8 Å². The largest absolute Gasteiger partial charge is 0.323 e. The lowest BCUT2D eigenvalue weighted by atomic mass is 9.87. The van der Waals surface area contributed by atoms with Crippen molar-refractivity contribution in [1.82, 2.24) is 9.55 Å². The van der Waals surface area contributed by atoms with Crippen molar-refractivity contribution in [2.45, 2.75) is 46.1 Å². The number of hydrogen-bond acceptors (Lipinski definition) is 1. The van der Waals surface area contributed by atoms with E-state index in [2.05, 4.69) is 80.8 Å². The van der Waals surface area contributed by atoms with E-state index in [9.17, 15) is 0 Å². The number of fused-ring (bicyclic) bond motifs is 1. The van der Waals surface area contributed by atoms with Crippen LogP contribution in [0.1, 0.15) is 44.6 Å². The van der Waals surface area contributed by atoms with Crippen molar-refractivity contribution in [1.29, 1.82) is 0 Å². The fourth-order valence-electron chi connectivity index (χ4n) is 2.86. The van der Waals surface area contributed by atoms with Gasteiger partial charge in [0.05, 0.1) is 11.0 Å². The highest BCUT2D eigenvalue weighted by Gasteiger charge is 2.13. The number of aromatic nitrogens is 2. The minimum Gasteiger partial charge on any atom is -0.323 e. The lowest BCUT2D eigenvalue weighted by Gasteiger charge is -2.19. The zero-order chi connectivity index (χ0) is 15.7. The van der Waals surface area contributed by atoms with Crippen molar-refractivity contribution in [2.75, 3.05) is 0 Å². The SMILES string of the molecule is CCc1nc2ccccc2n1Cc1ccc(C(C)(C)C)cc1.